The van der Waals surface area contributed by atoms with Gasteiger partial charge in [-0.05, 0) is 12.1 Å². The number of carbonyl (C=O) groups excluding carboxylic acids is 2. The number of allylic oxidation sites excluding steroid dienone is 1. The molecule has 3 amide bonds. The standard InChI is InChI=1S/C12H9N3O6/c13-10(17)9-8(5-16)14(11(18)19)6-3-1-2-4-7(6)15(9)12(20)21/h1-5H,(H2,13,17)(H,18,19)(H,20,21). The molecule has 0 saturated heterocycles. The summed E-state index contributed by atoms with van der Waals surface area (Å²) in [5.74, 6) is -1.24. The zero-order valence-electron chi connectivity index (χ0n) is 10.4. The molecule has 0 unspecified atom stereocenters. The van der Waals surface area contributed by atoms with Crippen LogP contribution < -0.4 is 15.5 Å². The number of hydrogen-bond acceptors (Lipinski definition) is 4. The Morgan fingerprint density at radius 1 is 1.00 bits per heavy atom. The number of fused-ring (bicyclic) bond motifs is 1. The Balaban J connectivity index is 2.87. The third-order valence-electron chi connectivity index (χ3n) is 2.80. The number of hydrogen-bond donors (Lipinski definition) is 3. The topological polar surface area (TPSA) is 141 Å². The van der Waals surface area contributed by atoms with Gasteiger partial charge in [-0.3, -0.25) is 9.59 Å². The van der Waals surface area contributed by atoms with Gasteiger partial charge in [0, 0.05) is 0 Å². The maximum Gasteiger partial charge on any atom is 0.416 e. The normalized spacial score (nSPS) is 13.7. The molecular formula is C12H9N3O6. The number of nitrogens with two attached hydrogens (primary N) is 1. The van der Waals surface area contributed by atoms with Crippen LogP contribution in [0.3, 0.4) is 0 Å². The fourth-order valence-electron chi connectivity index (χ4n) is 2.06. The number of carboxylic acid groups (broad SMARTS) is 2. The van der Waals surface area contributed by atoms with Gasteiger partial charge in [0.2, 0.25) is 0 Å². The maximum atomic E-state index is 11.5. The number of carbonyl (C=O) groups is 4. The molecule has 1 aliphatic rings. The molecule has 108 valence electrons. The summed E-state index contributed by atoms with van der Waals surface area (Å²) in [6.07, 6.45) is -3.05. The van der Waals surface area contributed by atoms with Crippen molar-refractivity contribution in [3.05, 3.63) is 35.7 Å². The van der Waals surface area contributed by atoms with Gasteiger partial charge >= 0.3 is 12.2 Å². The number of amides is 3. The Morgan fingerprint density at radius 3 is 1.86 bits per heavy atom. The van der Waals surface area contributed by atoms with E-state index in [9.17, 15) is 29.4 Å². The van der Waals surface area contributed by atoms with Crippen molar-refractivity contribution in [3.63, 3.8) is 0 Å². The van der Waals surface area contributed by atoms with Gasteiger partial charge in [0.25, 0.3) is 5.91 Å². The summed E-state index contributed by atoms with van der Waals surface area (Å²) in [4.78, 5) is 46.4. The minimum atomic E-state index is -1.57. The van der Waals surface area contributed by atoms with E-state index in [1.807, 2.05) is 0 Å². The molecule has 21 heavy (non-hydrogen) atoms. The summed E-state index contributed by atoms with van der Waals surface area (Å²) >= 11 is 0. The molecule has 1 aromatic rings. The number of benzene rings is 1. The molecule has 0 saturated carbocycles. The van der Waals surface area contributed by atoms with Crippen LogP contribution in [0, 0.1) is 0 Å². The lowest BCUT2D eigenvalue weighted by Gasteiger charge is -2.34. The molecule has 9 nitrogen and oxygen atoms in total. The quantitative estimate of drug-likeness (QED) is 0.680. The molecule has 0 spiro atoms. The Bertz CT molecular complexity index is 696. The number of nitrogens with zero attached hydrogens (tertiary/aromatic N) is 2. The van der Waals surface area contributed by atoms with Gasteiger partial charge in [0.05, 0.1) is 11.4 Å². The molecule has 1 aromatic carbocycles. The Morgan fingerprint density at radius 2 is 1.48 bits per heavy atom. The Kier molecular flexibility index (Phi) is 3.32. The molecule has 1 aliphatic heterocycles. The average Bonchev–Trinajstić information content (AvgIpc) is 2.43. The Labute approximate surface area is 117 Å². The predicted molar refractivity (Wildman–Crippen MR) is 69.7 cm³/mol. The minimum absolute atomic E-state index is 0.0695. The zero-order chi connectivity index (χ0) is 15.7. The first-order valence-electron chi connectivity index (χ1n) is 5.54. The molecule has 1 heterocycles. The SMILES string of the molecule is NC(=O)C1=C(C=O)N(C(=O)O)c2ccccc2N1C(=O)O. The van der Waals surface area contributed by atoms with Crippen molar-refractivity contribution < 1.29 is 29.4 Å². The van der Waals surface area contributed by atoms with Gasteiger partial charge in [0.15, 0.2) is 6.29 Å². The average molecular weight is 291 g/mol. The van der Waals surface area contributed by atoms with Crippen LogP contribution in [0.15, 0.2) is 35.7 Å². The molecule has 0 aliphatic carbocycles. The molecule has 0 atom stereocenters. The van der Waals surface area contributed by atoms with E-state index in [0.717, 1.165) is 0 Å². The zero-order valence-corrected chi connectivity index (χ0v) is 10.4. The first-order chi connectivity index (χ1) is 9.90. The second kappa shape index (κ2) is 4.96. The van der Waals surface area contributed by atoms with E-state index >= 15 is 0 Å². The first kappa shape index (κ1) is 14.1. The molecule has 9 heteroatoms. The lowest BCUT2D eigenvalue weighted by Crippen LogP contribution is -2.45. The minimum Gasteiger partial charge on any atom is -0.464 e. The fourth-order valence-corrected chi connectivity index (χ4v) is 2.06. The van der Waals surface area contributed by atoms with Crippen molar-refractivity contribution in [1.82, 2.24) is 0 Å². The van der Waals surface area contributed by atoms with Crippen molar-refractivity contribution in [3.8, 4) is 0 Å². The number of anilines is 2. The summed E-state index contributed by atoms with van der Waals surface area (Å²) in [5.41, 5.74) is 3.56. The molecular weight excluding hydrogens is 282 g/mol. The molecule has 0 fully saturated rings. The van der Waals surface area contributed by atoms with Crippen LogP contribution in [0.25, 0.3) is 0 Å². The number of para-hydroxylation sites is 2. The van der Waals surface area contributed by atoms with E-state index in [2.05, 4.69) is 0 Å². The van der Waals surface area contributed by atoms with Crippen LogP contribution in [-0.2, 0) is 9.59 Å². The number of aldehydes is 1. The van der Waals surface area contributed by atoms with Gasteiger partial charge in [-0.25, -0.2) is 19.4 Å². The summed E-state index contributed by atoms with van der Waals surface area (Å²) in [7, 11) is 0. The lowest BCUT2D eigenvalue weighted by molar-refractivity contribution is -0.115. The highest BCUT2D eigenvalue weighted by atomic mass is 16.4. The molecule has 0 bridgehead atoms. The largest absolute Gasteiger partial charge is 0.464 e. The van der Waals surface area contributed by atoms with Crippen LogP contribution in [0.5, 0.6) is 0 Å². The summed E-state index contributed by atoms with van der Waals surface area (Å²) in [6.45, 7) is 0. The van der Waals surface area contributed by atoms with Crippen LogP contribution >= 0.6 is 0 Å². The predicted octanol–water partition coefficient (Wildman–Crippen LogP) is 0.565. The van der Waals surface area contributed by atoms with E-state index in [4.69, 9.17) is 5.73 Å². The summed E-state index contributed by atoms with van der Waals surface area (Å²) in [6, 6.07) is 5.52. The van der Waals surface area contributed by atoms with E-state index in [0.29, 0.717) is 9.80 Å². The molecule has 0 radical (unpaired) electrons. The van der Waals surface area contributed by atoms with E-state index in [1.165, 1.54) is 24.3 Å². The highest BCUT2D eigenvalue weighted by Gasteiger charge is 2.39. The second-order valence-electron chi connectivity index (χ2n) is 3.94. The van der Waals surface area contributed by atoms with Crippen LogP contribution in [0.1, 0.15) is 0 Å². The van der Waals surface area contributed by atoms with Crippen LogP contribution in [0.4, 0.5) is 21.0 Å². The summed E-state index contributed by atoms with van der Waals surface area (Å²) < 4.78 is 0. The fraction of sp³-hybridized carbons (Fsp3) is 0. The molecule has 0 aromatic heterocycles. The molecule has 2 rings (SSSR count). The van der Waals surface area contributed by atoms with Crippen molar-refractivity contribution in [1.29, 1.82) is 0 Å². The van der Waals surface area contributed by atoms with Gasteiger partial charge in [-0.15, -0.1) is 0 Å². The third kappa shape index (κ3) is 2.06. The van der Waals surface area contributed by atoms with Crippen molar-refractivity contribution in [2.24, 2.45) is 5.73 Å². The van der Waals surface area contributed by atoms with Gasteiger partial charge in [-0.1, -0.05) is 12.1 Å². The van der Waals surface area contributed by atoms with Crippen molar-refractivity contribution >= 4 is 35.8 Å². The van der Waals surface area contributed by atoms with Crippen molar-refractivity contribution in [2.45, 2.75) is 0 Å². The second-order valence-corrected chi connectivity index (χ2v) is 3.94. The van der Waals surface area contributed by atoms with Crippen LogP contribution in [-0.4, -0.2) is 34.6 Å². The summed E-state index contributed by atoms with van der Waals surface area (Å²) in [5, 5.41) is 18.5. The lowest BCUT2D eigenvalue weighted by atomic mass is 10.1. The maximum absolute atomic E-state index is 11.5. The first-order valence-corrected chi connectivity index (χ1v) is 5.54. The highest BCUT2D eigenvalue weighted by molar-refractivity contribution is 6.17. The van der Waals surface area contributed by atoms with Gasteiger partial charge in [0.1, 0.15) is 11.4 Å². The number of primary amides is 1. The van der Waals surface area contributed by atoms with E-state index in [1.54, 1.807) is 0 Å². The smallest absolute Gasteiger partial charge is 0.416 e. The van der Waals surface area contributed by atoms with Gasteiger partial charge < -0.3 is 15.9 Å². The van der Waals surface area contributed by atoms with Gasteiger partial charge in [-0.2, -0.15) is 0 Å². The van der Waals surface area contributed by atoms with E-state index < -0.39 is 29.5 Å². The Hall–Kier alpha value is -3.36. The molecule has 4 N–H and O–H groups in total. The monoisotopic (exact) mass is 291 g/mol. The number of rotatable bonds is 2. The van der Waals surface area contributed by atoms with Crippen molar-refractivity contribution in [2.75, 3.05) is 9.80 Å². The van der Waals surface area contributed by atoms with E-state index in [-0.39, 0.29) is 17.7 Å². The highest BCUT2D eigenvalue weighted by Crippen LogP contribution is 2.39. The van der Waals surface area contributed by atoms with Crippen LogP contribution in [0.2, 0.25) is 0 Å². The third-order valence-corrected chi connectivity index (χ3v) is 2.80.